The van der Waals surface area contributed by atoms with E-state index in [9.17, 15) is 8.42 Å². The smallest absolute Gasteiger partial charge is 0.161 e. The molecule has 0 bridgehead atoms. The topological polar surface area (TPSA) is 34.1 Å². The largest absolute Gasteiger partial charge is 0.228 e. The average molecular weight is 376 g/mol. The van der Waals surface area contributed by atoms with Crippen molar-refractivity contribution < 1.29 is 8.42 Å². The number of halogens is 2. The van der Waals surface area contributed by atoms with Crippen LogP contribution in [0.15, 0.2) is 12.7 Å². The number of allylic oxidation sites excluding steroid dienone is 1. The van der Waals surface area contributed by atoms with Crippen LogP contribution in [0, 0.1) is 0 Å². The van der Waals surface area contributed by atoms with Gasteiger partial charge >= 0.3 is 0 Å². The Morgan fingerprint density at radius 3 is 2.38 bits per heavy atom. The Morgan fingerprint density at radius 2 is 1.81 bits per heavy atom. The van der Waals surface area contributed by atoms with Crippen LogP contribution in [0.25, 0.3) is 0 Å². The maximum Gasteiger partial charge on any atom is 0.161 e. The third kappa shape index (κ3) is 9.85. The molecule has 1 unspecified atom stereocenters. The van der Waals surface area contributed by atoms with Gasteiger partial charge in [-0.15, -0.1) is 6.58 Å². The molecule has 16 heavy (non-hydrogen) atoms. The van der Waals surface area contributed by atoms with Gasteiger partial charge in [-0.3, -0.25) is 0 Å². The fraction of sp³-hybridized carbons (Fsp3) is 0.818. The molecule has 0 fully saturated rings. The first-order valence-corrected chi connectivity index (χ1v) is 9.39. The fourth-order valence-corrected chi connectivity index (χ4v) is 4.31. The van der Waals surface area contributed by atoms with Gasteiger partial charge in [-0.25, -0.2) is 8.42 Å². The quantitative estimate of drug-likeness (QED) is 0.328. The lowest BCUT2D eigenvalue weighted by Crippen LogP contribution is -2.16. The first kappa shape index (κ1) is 16.6. The normalized spacial score (nSPS) is 13.6. The maximum atomic E-state index is 11.3. The van der Waals surface area contributed by atoms with Crippen molar-refractivity contribution in [3.63, 3.8) is 0 Å². The Morgan fingerprint density at radius 1 is 1.19 bits per heavy atom. The third-order valence-electron chi connectivity index (χ3n) is 2.28. The van der Waals surface area contributed by atoms with Crippen LogP contribution in [0.2, 0.25) is 0 Å². The van der Waals surface area contributed by atoms with E-state index in [1.54, 1.807) is 0 Å². The first-order chi connectivity index (χ1) is 7.52. The van der Waals surface area contributed by atoms with E-state index in [-0.39, 0.29) is 15.2 Å². The van der Waals surface area contributed by atoms with Crippen LogP contribution in [0.4, 0.5) is 0 Å². The standard InChI is InChI=1S/C11H20Br2O2S/c1-2-3-4-5-6-7-8-11(13)9-16(14,15)10-12/h2,11H,1,3-10H2. The highest BCUT2D eigenvalue weighted by Gasteiger charge is 2.15. The zero-order chi connectivity index (χ0) is 12.4. The molecule has 0 aliphatic carbocycles. The number of hydrogen-bond donors (Lipinski definition) is 0. The molecule has 0 amide bonds. The van der Waals surface area contributed by atoms with Crippen molar-refractivity contribution >= 4 is 41.7 Å². The molecule has 0 aromatic rings. The fourth-order valence-electron chi connectivity index (χ4n) is 1.41. The monoisotopic (exact) mass is 374 g/mol. The highest BCUT2D eigenvalue weighted by Crippen LogP contribution is 2.15. The molecule has 0 rings (SSSR count). The lowest BCUT2D eigenvalue weighted by Gasteiger charge is -2.08. The summed E-state index contributed by atoms with van der Waals surface area (Å²) in [5.41, 5.74) is 0. The van der Waals surface area contributed by atoms with Crippen molar-refractivity contribution in [3.05, 3.63) is 12.7 Å². The lowest BCUT2D eigenvalue weighted by atomic mass is 10.1. The molecule has 0 saturated heterocycles. The van der Waals surface area contributed by atoms with Gasteiger partial charge in [0.15, 0.2) is 9.84 Å². The van der Waals surface area contributed by atoms with Gasteiger partial charge in [0.1, 0.15) is 4.66 Å². The Bertz CT molecular complexity index is 276. The minimum Gasteiger partial charge on any atom is -0.228 e. The van der Waals surface area contributed by atoms with Crippen molar-refractivity contribution in [1.82, 2.24) is 0 Å². The van der Waals surface area contributed by atoms with E-state index in [0.717, 1.165) is 19.3 Å². The van der Waals surface area contributed by atoms with E-state index in [4.69, 9.17) is 0 Å². The summed E-state index contributed by atoms with van der Waals surface area (Å²) in [4.78, 5) is 0.0921. The van der Waals surface area contributed by atoms with E-state index >= 15 is 0 Å². The molecule has 0 radical (unpaired) electrons. The molecule has 1 atom stereocenters. The number of sulfone groups is 1. The number of unbranched alkanes of at least 4 members (excludes halogenated alkanes) is 4. The van der Waals surface area contributed by atoms with E-state index in [2.05, 4.69) is 38.4 Å². The van der Waals surface area contributed by atoms with Crippen LogP contribution in [0.3, 0.4) is 0 Å². The molecular weight excluding hydrogens is 356 g/mol. The molecule has 0 aromatic carbocycles. The predicted octanol–water partition coefficient (Wildman–Crippen LogP) is 4.04. The van der Waals surface area contributed by atoms with Gasteiger partial charge in [0.2, 0.25) is 0 Å². The molecule has 0 aliphatic rings. The summed E-state index contributed by atoms with van der Waals surface area (Å²) < 4.78 is 22.6. The molecule has 96 valence electrons. The average Bonchev–Trinajstić information content (AvgIpc) is 2.22. The highest BCUT2D eigenvalue weighted by molar-refractivity contribution is 9.11. The maximum absolute atomic E-state index is 11.3. The molecule has 5 heteroatoms. The molecule has 0 saturated carbocycles. The van der Waals surface area contributed by atoms with E-state index in [1.165, 1.54) is 19.3 Å². The molecule has 0 N–H and O–H groups in total. The predicted molar refractivity (Wildman–Crippen MR) is 78.2 cm³/mol. The molecule has 0 aliphatic heterocycles. The van der Waals surface area contributed by atoms with Crippen LogP contribution in [-0.2, 0) is 9.84 Å². The Hall–Kier alpha value is 0.650. The summed E-state index contributed by atoms with van der Waals surface area (Å²) in [6.45, 7) is 3.68. The van der Waals surface area contributed by atoms with Crippen LogP contribution in [0.5, 0.6) is 0 Å². The lowest BCUT2D eigenvalue weighted by molar-refractivity contribution is 0.589. The van der Waals surface area contributed by atoms with Gasteiger partial charge in [0.25, 0.3) is 0 Å². The molecule has 0 heterocycles. The summed E-state index contributed by atoms with van der Waals surface area (Å²) in [5, 5.41) is 0. The Balaban J connectivity index is 3.51. The summed E-state index contributed by atoms with van der Waals surface area (Å²) in [6.07, 6.45) is 8.61. The van der Waals surface area contributed by atoms with Crippen molar-refractivity contribution in [2.45, 2.75) is 43.4 Å². The molecule has 0 spiro atoms. The number of rotatable bonds is 10. The van der Waals surface area contributed by atoms with Crippen molar-refractivity contribution in [2.24, 2.45) is 0 Å². The SMILES string of the molecule is C=CCCCCCCC(Br)CS(=O)(=O)CBr. The van der Waals surface area contributed by atoms with Crippen LogP contribution in [-0.4, -0.2) is 23.7 Å². The zero-order valence-electron chi connectivity index (χ0n) is 9.50. The van der Waals surface area contributed by atoms with Gasteiger partial charge in [0.05, 0.1) is 5.75 Å². The zero-order valence-corrected chi connectivity index (χ0v) is 13.5. The third-order valence-corrected chi connectivity index (χ3v) is 6.82. The summed E-state index contributed by atoms with van der Waals surface area (Å²) >= 11 is 6.41. The Labute approximate surface area is 116 Å². The van der Waals surface area contributed by atoms with Crippen molar-refractivity contribution in [2.75, 3.05) is 10.4 Å². The van der Waals surface area contributed by atoms with Gasteiger partial charge in [0, 0.05) is 4.83 Å². The van der Waals surface area contributed by atoms with Gasteiger partial charge in [-0.2, -0.15) is 0 Å². The molecule has 2 nitrogen and oxygen atoms in total. The van der Waals surface area contributed by atoms with Gasteiger partial charge in [-0.05, 0) is 19.3 Å². The van der Waals surface area contributed by atoms with E-state index < -0.39 is 9.84 Å². The first-order valence-electron chi connectivity index (χ1n) is 5.53. The highest BCUT2D eigenvalue weighted by atomic mass is 79.9. The number of alkyl halides is 2. The minimum atomic E-state index is -2.91. The summed E-state index contributed by atoms with van der Waals surface area (Å²) in [5.74, 6) is 0.227. The second-order valence-electron chi connectivity index (χ2n) is 3.90. The minimum absolute atomic E-state index is 0.0570. The van der Waals surface area contributed by atoms with Crippen LogP contribution in [0.1, 0.15) is 38.5 Å². The van der Waals surface area contributed by atoms with Crippen LogP contribution < -0.4 is 0 Å². The van der Waals surface area contributed by atoms with Crippen LogP contribution >= 0.6 is 31.9 Å². The molecular formula is C11H20Br2O2S. The summed E-state index contributed by atoms with van der Waals surface area (Å²) in [7, 11) is -2.91. The van der Waals surface area contributed by atoms with E-state index in [0.29, 0.717) is 0 Å². The van der Waals surface area contributed by atoms with E-state index in [1.807, 2.05) is 6.08 Å². The van der Waals surface area contributed by atoms with Gasteiger partial charge in [-0.1, -0.05) is 57.2 Å². The number of hydrogen-bond acceptors (Lipinski definition) is 2. The van der Waals surface area contributed by atoms with Gasteiger partial charge < -0.3 is 0 Å². The second kappa shape index (κ2) is 9.66. The second-order valence-corrected chi connectivity index (χ2v) is 8.60. The van der Waals surface area contributed by atoms with Crippen molar-refractivity contribution in [3.8, 4) is 0 Å². The Kier molecular flexibility index (Phi) is 10.0. The molecule has 0 aromatic heterocycles. The van der Waals surface area contributed by atoms with Crippen molar-refractivity contribution in [1.29, 1.82) is 0 Å². The summed E-state index contributed by atoms with van der Waals surface area (Å²) in [6, 6.07) is 0.